The summed E-state index contributed by atoms with van der Waals surface area (Å²) >= 11 is 0. The fraction of sp³-hybridized carbons (Fsp3) is 0.286. The number of amides is 1. The molecule has 0 bridgehead atoms. The van der Waals surface area contributed by atoms with Crippen LogP contribution in [0.3, 0.4) is 0 Å². The summed E-state index contributed by atoms with van der Waals surface area (Å²) in [6.45, 7) is 3.22. The van der Waals surface area contributed by atoms with E-state index in [0.29, 0.717) is 18.9 Å². The van der Waals surface area contributed by atoms with Gasteiger partial charge in [-0.25, -0.2) is 0 Å². The van der Waals surface area contributed by atoms with Crippen LogP contribution < -0.4 is 5.73 Å². The summed E-state index contributed by atoms with van der Waals surface area (Å²) in [7, 11) is 0. The fourth-order valence-electron chi connectivity index (χ4n) is 2.48. The lowest BCUT2D eigenvalue weighted by Crippen LogP contribution is -2.36. The van der Waals surface area contributed by atoms with Crippen molar-refractivity contribution in [3.05, 3.63) is 46.6 Å². The standard InChI is InChI=1S/C14H16N4O/c1-9-3-2-4-10(7-9)14(19)18-6-5-11-12(8-18)16-17-13(11)15/h2-4,7H,5-6,8H2,1H3,(H3,15,16,17). The van der Waals surface area contributed by atoms with E-state index in [1.54, 1.807) is 0 Å². The number of nitrogen functional groups attached to an aromatic ring is 1. The average molecular weight is 256 g/mol. The summed E-state index contributed by atoms with van der Waals surface area (Å²) in [5, 5.41) is 6.90. The van der Waals surface area contributed by atoms with Crippen molar-refractivity contribution in [2.45, 2.75) is 19.9 Å². The molecule has 0 atom stereocenters. The van der Waals surface area contributed by atoms with Gasteiger partial charge in [0.05, 0.1) is 12.2 Å². The van der Waals surface area contributed by atoms with Crippen LogP contribution in [0, 0.1) is 6.92 Å². The molecule has 0 spiro atoms. The molecule has 98 valence electrons. The minimum absolute atomic E-state index is 0.0579. The van der Waals surface area contributed by atoms with Crippen LogP contribution in [0.15, 0.2) is 24.3 Å². The van der Waals surface area contributed by atoms with Crippen molar-refractivity contribution < 1.29 is 4.79 Å². The molecule has 0 saturated carbocycles. The summed E-state index contributed by atoms with van der Waals surface area (Å²) in [5.74, 6) is 0.611. The van der Waals surface area contributed by atoms with Crippen molar-refractivity contribution >= 4 is 11.7 Å². The number of nitrogens with zero attached hydrogens (tertiary/aromatic N) is 2. The number of H-pyrrole nitrogens is 1. The first kappa shape index (κ1) is 11.8. The number of carbonyl (C=O) groups is 1. The molecule has 0 radical (unpaired) electrons. The molecule has 0 saturated heterocycles. The fourth-order valence-corrected chi connectivity index (χ4v) is 2.48. The Morgan fingerprint density at radius 3 is 3.11 bits per heavy atom. The largest absolute Gasteiger partial charge is 0.382 e. The summed E-state index contributed by atoms with van der Waals surface area (Å²) in [5.41, 5.74) is 9.59. The first-order valence-electron chi connectivity index (χ1n) is 6.32. The number of hydrogen-bond acceptors (Lipinski definition) is 3. The highest BCUT2D eigenvalue weighted by Crippen LogP contribution is 2.22. The van der Waals surface area contributed by atoms with Crippen LogP contribution in [0.1, 0.15) is 27.2 Å². The Bertz CT molecular complexity index is 632. The summed E-state index contributed by atoms with van der Waals surface area (Å²) in [6, 6.07) is 7.66. The van der Waals surface area contributed by atoms with Crippen LogP contribution in [0.5, 0.6) is 0 Å². The number of aromatic amines is 1. The maximum absolute atomic E-state index is 12.4. The maximum atomic E-state index is 12.4. The number of benzene rings is 1. The Morgan fingerprint density at radius 2 is 2.32 bits per heavy atom. The molecule has 2 heterocycles. The predicted octanol–water partition coefficient (Wildman–Crippen LogP) is 1.50. The van der Waals surface area contributed by atoms with Crippen LogP contribution in [-0.4, -0.2) is 27.5 Å². The molecule has 0 fully saturated rings. The molecule has 5 nitrogen and oxygen atoms in total. The van der Waals surface area contributed by atoms with E-state index in [9.17, 15) is 4.79 Å². The molecule has 5 heteroatoms. The maximum Gasteiger partial charge on any atom is 0.254 e. The molecule has 0 unspecified atom stereocenters. The van der Waals surface area contributed by atoms with Crippen LogP contribution in [0.25, 0.3) is 0 Å². The number of aromatic nitrogens is 2. The lowest BCUT2D eigenvalue weighted by Gasteiger charge is -2.26. The lowest BCUT2D eigenvalue weighted by molar-refractivity contribution is 0.0732. The van der Waals surface area contributed by atoms with E-state index in [4.69, 9.17) is 5.73 Å². The Hall–Kier alpha value is -2.30. The molecule has 1 aromatic carbocycles. The normalized spacial score (nSPS) is 14.3. The summed E-state index contributed by atoms with van der Waals surface area (Å²) in [4.78, 5) is 14.3. The topological polar surface area (TPSA) is 75.0 Å². The van der Waals surface area contributed by atoms with Crippen LogP contribution >= 0.6 is 0 Å². The number of nitrogens with one attached hydrogen (secondary N) is 1. The highest BCUT2D eigenvalue weighted by atomic mass is 16.2. The number of rotatable bonds is 1. The number of hydrogen-bond donors (Lipinski definition) is 2. The van der Waals surface area contributed by atoms with Gasteiger partial charge >= 0.3 is 0 Å². The van der Waals surface area contributed by atoms with Gasteiger partial charge in [0, 0.05) is 17.7 Å². The first-order valence-corrected chi connectivity index (χ1v) is 6.32. The van der Waals surface area contributed by atoms with Gasteiger partial charge in [-0.05, 0) is 25.5 Å². The van der Waals surface area contributed by atoms with E-state index < -0.39 is 0 Å². The molecule has 0 aliphatic carbocycles. The molecule has 2 aromatic rings. The third-order valence-electron chi connectivity index (χ3n) is 3.52. The monoisotopic (exact) mass is 256 g/mol. The third kappa shape index (κ3) is 2.07. The Morgan fingerprint density at radius 1 is 1.47 bits per heavy atom. The van der Waals surface area contributed by atoms with Crippen molar-refractivity contribution in [1.29, 1.82) is 0 Å². The molecular weight excluding hydrogens is 240 g/mol. The van der Waals surface area contributed by atoms with Gasteiger partial charge in [0.25, 0.3) is 5.91 Å². The molecule has 3 rings (SSSR count). The quantitative estimate of drug-likeness (QED) is 0.812. The van der Waals surface area contributed by atoms with Gasteiger partial charge in [-0.1, -0.05) is 17.7 Å². The minimum Gasteiger partial charge on any atom is -0.382 e. The van der Waals surface area contributed by atoms with Crippen molar-refractivity contribution in [2.24, 2.45) is 0 Å². The van der Waals surface area contributed by atoms with Crippen molar-refractivity contribution in [3.8, 4) is 0 Å². The van der Waals surface area contributed by atoms with E-state index in [0.717, 1.165) is 28.8 Å². The number of anilines is 1. The van der Waals surface area contributed by atoms with E-state index in [1.165, 1.54) is 0 Å². The minimum atomic E-state index is 0.0579. The zero-order valence-electron chi connectivity index (χ0n) is 10.8. The summed E-state index contributed by atoms with van der Waals surface area (Å²) < 4.78 is 0. The second-order valence-electron chi connectivity index (χ2n) is 4.91. The highest BCUT2D eigenvalue weighted by Gasteiger charge is 2.24. The van der Waals surface area contributed by atoms with Crippen molar-refractivity contribution in [1.82, 2.24) is 15.1 Å². The van der Waals surface area contributed by atoms with Crippen molar-refractivity contribution in [2.75, 3.05) is 12.3 Å². The third-order valence-corrected chi connectivity index (χ3v) is 3.52. The molecule has 19 heavy (non-hydrogen) atoms. The smallest absolute Gasteiger partial charge is 0.254 e. The molecule has 1 aliphatic heterocycles. The molecule has 1 aromatic heterocycles. The van der Waals surface area contributed by atoms with Gasteiger partial charge in [0.1, 0.15) is 5.82 Å². The molecule has 3 N–H and O–H groups in total. The SMILES string of the molecule is Cc1cccc(C(=O)N2CCc3c(N)n[nH]c3C2)c1. The highest BCUT2D eigenvalue weighted by molar-refractivity contribution is 5.94. The van der Waals surface area contributed by atoms with Crippen molar-refractivity contribution in [3.63, 3.8) is 0 Å². The van der Waals surface area contributed by atoms with Gasteiger partial charge in [-0.3, -0.25) is 9.89 Å². The second-order valence-corrected chi connectivity index (χ2v) is 4.91. The number of carbonyl (C=O) groups excluding carboxylic acids is 1. The van der Waals surface area contributed by atoms with Gasteiger partial charge < -0.3 is 10.6 Å². The van der Waals surface area contributed by atoms with E-state index in [2.05, 4.69) is 10.2 Å². The van der Waals surface area contributed by atoms with Crippen LogP contribution in [0.2, 0.25) is 0 Å². The number of aryl methyl sites for hydroxylation is 1. The van der Waals surface area contributed by atoms with E-state index in [-0.39, 0.29) is 5.91 Å². The number of fused-ring (bicyclic) bond motifs is 1. The van der Waals surface area contributed by atoms with Crippen LogP contribution in [0.4, 0.5) is 5.82 Å². The molecule has 1 aliphatic rings. The van der Waals surface area contributed by atoms with Gasteiger partial charge in [-0.15, -0.1) is 0 Å². The Kier molecular flexibility index (Phi) is 2.74. The van der Waals surface area contributed by atoms with Gasteiger partial charge in [-0.2, -0.15) is 5.10 Å². The van der Waals surface area contributed by atoms with Crippen LogP contribution in [-0.2, 0) is 13.0 Å². The van der Waals surface area contributed by atoms with Gasteiger partial charge in [0.15, 0.2) is 0 Å². The average Bonchev–Trinajstić information content (AvgIpc) is 2.79. The predicted molar refractivity (Wildman–Crippen MR) is 72.6 cm³/mol. The molecule has 1 amide bonds. The zero-order chi connectivity index (χ0) is 13.4. The number of nitrogens with two attached hydrogens (primary N) is 1. The second kappa shape index (κ2) is 4.42. The zero-order valence-corrected chi connectivity index (χ0v) is 10.8. The van der Waals surface area contributed by atoms with Gasteiger partial charge in [0.2, 0.25) is 0 Å². The van der Waals surface area contributed by atoms with E-state index >= 15 is 0 Å². The Labute approximate surface area is 111 Å². The summed E-state index contributed by atoms with van der Waals surface area (Å²) in [6.07, 6.45) is 0.759. The molecular formula is C14H16N4O. The lowest BCUT2D eigenvalue weighted by atomic mass is 10.0. The Balaban J connectivity index is 1.83. The van der Waals surface area contributed by atoms with E-state index in [1.807, 2.05) is 36.1 Å². The first-order chi connectivity index (χ1) is 9.15.